The van der Waals surface area contributed by atoms with Crippen molar-refractivity contribution < 1.29 is 14.3 Å². The maximum absolute atomic E-state index is 12.5. The van der Waals surface area contributed by atoms with Gasteiger partial charge in [0.05, 0.1) is 12.5 Å². The molecule has 1 aromatic carbocycles. The summed E-state index contributed by atoms with van der Waals surface area (Å²) >= 11 is 0. The number of hydrogen-bond acceptors (Lipinski definition) is 4. The molecule has 24 heavy (non-hydrogen) atoms. The molecule has 0 bridgehead atoms. The maximum atomic E-state index is 12.5. The minimum atomic E-state index is -0.556. The summed E-state index contributed by atoms with van der Waals surface area (Å²) in [6.45, 7) is 8.09. The van der Waals surface area contributed by atoms with E-state index < -0.39 is 11.7 Å². The molecule has 0 unspecified atom stereocenters. The molecular formula is C18H23N3O3. The molecule has 1 heterocycles. The van der Waals surface area contributed by atoms with Crippen LogP contribution < -0.4 is 4.90 Å². The molecule has 6 nitrogen and oxygen atoms in total. The molecule has 0 aliphatic heterocycles. The summed E-state index contributed by atoms with van der Waals surface area (Å²) in [5.41, 5.74) is 1.20. The van der Waals surface area contributed by atoms with Crippen molar-refractivity contribution in [2.45, 2.75) is 39.8 Å². The Morgan fingerprint density at radius 1 is 1.21 bits per heavy atom. The summed E-state index contributed by atoms with van der Waals surface area (Å²) < 4.78 is 7.12. The third-order valence-corrected chi connectivity index (χ3v) is 3.47. The van der Waals surface area contributed by atoms with E-state index in [2.05, 4.69) is 4.98 Å². The van der Waals surface area contributed by atoms with E-state index in [1.165, 1.54) is 4.90 Å². The van der Waals surface area contributed by atoms with Crippen molar-refractivity contribution in [2.75, 3.05) is 11.9 Å². The number of aromatic nitrogens is 2. The summed E-state index contributed by atoms with van der Waals surface area (Å²) in [7, 11) is 1.64. The Morgan fingerprint density at radius 3 is 2.38 bits per heavy atom. The zero-order valence-corrected chi connectivity index (χ0v) is 14.7. The lowest BCUT2D eigenvalue weighted by Gasteiger charge is -2.24. The summed E-state index contributed by atoms with van der Waals surface area (Å²) in [6, 6.07) is 6.85. The fourth-order valence-electron chi connectivity index (χ4n) is 2.18. The molecule has 1 amide bonds. The number of rotatable bonds is 4. The van der Waals surface area contributed by atoms with Gasteiger partial charge in [-0.2, -0.15) is 0 Å². The average molecular weight is 329 g/mol. The molecule has 0 spiro atoms. The number of aryl methyl sites for hydroxylation is 1. The number of hydrogen-bond donors (Lipinski definition) is 0. The van der Waals surface area contributed by atoms with E-state index in [9.17, 15) is 9.59 Å². The smallest absolute Gasteiger partial charge is 0.414 e. The Kier molecular flexibility index (Phi) is 5.07. The van der Waals surface area contributed by atoms with Crippen LogP contribution in [0.1, 0.15) is 43.7 Å². The molecule has 0 saturated heterocycles. The molecule has 0 aliphatic carbocycles. The monoisotopic (exact) mass is 329 g/mol. The van der Waals surface area contributed by atoms with Gasteiger partial charge >= 0.3 is 6.09 Å². The van der Waals surface area contributed by atoms with E-state index >= 15 is 0 Å². The lowest BCUT2D eigenvalue weighted by atomic mass is 10.1. The van der Waals surface area contributed by atoms with Crippen LogP contribution in [0.3, 0.4) is 0 Å². The van der Waals surface area contributed by atoms with Crippen LogP contribution in [-0.4, -0.2) is 34.1 Å². The van der Waals surface area contributed by atoms with E-state index in [-0.39, 0.29) is 5.78 Å². The Balaban J connectivity index is 2.16. The summed E-state index contributed by atoms with van der Waals surface area (Å²) in [6.07, 6.45) is 2.76. The van der Waals surface area contributed by atoms with Crippen molar-refractivity contribution in [3.8, 4) is 0 Å². The molecular weight excluding hydrogens is 306 g/mol. The molecule has 0 N–H and O–H groups in total. The molecule has 128 valence electrons. The van der Waals surface area contributed by atoms with Gasteiger partial charge in [-0.25, -0.2) is 9.78 Å². The van der Waals surface area contributed by atoms with Gasteiger partial charge in [0.15, 0.2) is 0 Å². The van der Waals surface area contributed by atoms with Crippen LogP contribution in [0.2, 0.25) is 0 Å². The van der Waals surface area contributed by atoms with Crippen LogP contribution in [0.15, 0.2) is 36.8 Å². The van der Waals surface area contributed by atoms with E-state index in [0.29, 0.717) is 23.5 Å². The minimum absolute atomic E-state index is 0.0965. The van der Waals surface area contributed by atoms with Gasteiger partial charge in [-0.15, -0.1) is 0 Å². The second-order valence-electron chi connectivity index (χ2n) is 6.48. The van der Waals surface area contributed by atoms with E-state index in [0.717, 1.165) is 0 Å². The first-order chi connectivity index (χ1) is 11.2. The van der Waals surface area contributed by atoms with Crippen LogP contribution in [0, 0.1) is 0 Å². The Labute approximate surface area is 142 Å². The van der Waals surface area contributed by atoms with Gasteiger partial charge in [-0.05, 0) is 52.0 Å². The van der Waals surface area contributed by atoms with E-state index in [1.54, 1.807) is 48.4 Å². The van der Waals surface area contributed by atoms with Crippen molar-refractivity contribution in [2.24, 2.45) is 0 Å². The normalized spacial score (nSPS) is 11.2. The third-order valence-electron chi connectivity index (χ3n) is 3.47. The Hall–Kier alpha value is -2.63. The number of benzene rings is 1. The minimum Gasteiger partial charge on any atom is -0.443 e. The molecule has 0 radical (unpaired) electrons. The molecule has 2 aromatic rings. The lowest BCUT2D eigenvalue weighted by Crippen LogP contribution is -2.34. The van der Waals surface area contributed by atoms with Crippen molar-refractivity contribution >= 4 is 17.6 Å². The first-order valence-electron chi connectivity index (χ1n) is 7.84. The maximum Gasteiger partial charge on any atom is 0.414 e. The van der Waals surface area contributed by atoms with Crippen LogP contribution in [-0.2, 0) is 11.3 Å². The zero-order valence-electron chi connectivity index (χ0n) is 14.7. The predicted molar refractivity (Wildman–Crippen MR) is 92.4 cm³/mol. The third kappa shape index (κ3) is 4.01. The Morgan fingerprint density at radius 2 is 1.83 bits per heavy atom. The van der Waals surface area contributed by atoms with Gasteiger partial charge in [-0.1, -0.05) is 0 Å². The summed E-state index contributed by atoms with van der Waals surface area (Å²) in [5.74, 6) is -0.0965. The van der Waals surface area contributed by atoms with Gasteiger partial charge in [0.25, 0.3) is 0 Å². The van der Waals surface area contributed by atoms with E-state index in [1.807, 2.05) is 27.7 Å². The number of carbonyl (C=O) groups excluding carboxylic acids is 2. The van der Waals surface area contributed by atoms with Gasteiger partial charge in [0, 0.05) is 24.8 Å². The highest BCUT2D eigenvalue weighted by Gasteiger charge is 2.21. The SMILES string of the molecule is CCn1cncc1C(=O)c1ccc(N(C)C(=O)OC(C)(C)C)cc1. The Bertz CT molecular complexity index is 727. The number of amides is 1. The number of nitrogens with zero attached hydrogens (tertiary/aromatic N) is 3. The zero-order chi connectivity index (χ0) is 17.9. The quantitative estimate of drug-likeness (QED) is 0.805. The number of anilines is 1. The summed E-state index contributed by atoms with van der Waals surface area (Å²) in [5, 5.41) is 0. The molecule has 6 heteroatoms. The standard InChI is InChI=1S/C18H23N3O3/c1-6-21-12-19-11-15(21)16(22)13-7-9-14(10-8-13)20(5)17(23)24-18(2,3)4/h7-12H,6H2,1-5H3. The largest absolute Gasteiger partial charge is 0.443 e. The van der Waals surface area contributed by atoms with Crippen LogP contribution in [0.25, 0.3) is 0 Å². The van der Waals surface area contributed by atoms with Crippen molar-refractivity contribution in [3.63, 3.8) is 0 Å². The topological polar surface area (TPSA) is 64.4 Å². The fourth-order valence-corrected chi connectivity index (χ4v) is 2.18. The fraction of sp³-hybridized carbons (Fsp3) is 0.389. The lowest BCUT2D eigenvalue weighted by molar-refractivity contribution is 0.0589. The number of imidazole rings is 1. The first kappa shape index (κ1) is 17.7. The number of ketones is 1. The molecule has 0 aliphatic rings. The molecule has 0 atom stereocenters. The van der Waals surface area contributed by atoms with Gasteiger partial charge in [-0.3, -0.25) is 9.69 Å². The van der Waals surface area contributed by atoms with Crippen LogP contribution >= 0.6 is 0 Å². The second kappa shape index (κ2) is 6.86. The number of carbonyl (C=O) groups is 2. The summed E-state index contributed by atoms with van der Waals surface area (Å²) in [4.78, 5) is 30.0. The van der Waals surface area contributed by atoms with Gasteiger partial charge in [0.2, 0.25) is 5.78 Å². The first-order valence-corrected chi connectivity index (χ1v) is 7.84. The molecule has 0 saturated carbocycles. The highest BCUT2D eigenvalue weighted by Crippen LogP contribution is 2.19. The molecule has 0 fully saturated rings. The predicted octanol–water partition coefficient (Wildman–Crippen LogP) is 3.51. The van der Waals surface area contributed by atoms with Crippen molar-refractivity contribution in [1.82, 2.24) is 9.55 Å². The highest BCUT2D eigenvalue weighted by molar-refractivity contribution is 6.08. The van der Waals surface area contributed by atoms with Gasteiger partial charge in [0.1, 0.15) is 11.3 Å². The molecule has 2 rings (SSSR count). The van der Waals surface area contributed by atoms with Crippen molar-refractivity contribution in [1.29, 1.82) is 0 Å². The van der Waals surface area contributed by atoms with Gasteiger partial charge < -0.3 is 9.30 Å². The van der Waals surface area contributed by atoms with Crippen LogP contribution in [0.4, 0.5) is 10.5 Å². The average Bonchev–Trinajstić information content (AvgIpc) is 3.00. The van der Waals surface area contributed by atoms with Crippen molar-refractivity contribution in [3.05, 3.63) is 48.0 Å². The number of ether oxygens (including phenoxy) is 1. The second-order valence-corrected chi connectivity index (χ2v) is 6.48. The van der Waals surface area contributed by atoms with E-state index in [4.69, 9.17) is 4.74 Å². The van der Waals surface area contributed by atoms with Crippen LogP contribution in [0.5, 0.6) is 0 Å². The molecule has 1 aromatic heterocycles. The highest BCUT2D eigenvalue weighted by atomic mass is 16.6.